The summed E-state index contributed by atoms with van der Waals surface area (Å²) in [7, 11) is 3.09. The molecule has 1 fully saturated rings. The van der Waals surface area contributed by atoms with E-state index in [1.807, 2.05) is 6.07 Å². The minimum Gasteiger partial charge on any atom is -0.491 e. The van der Waals surface area contributed by atoms with E-state index in [-0.39, 0.29) is 6.03 Å². The number of fused-ring (bicyclic) bond motifs is 1. The fourth-order valence-corrected chi connectivity index (χ4v) is 2.90. The minimum absolute atomic E-state index is 0.335. The molecular formula is C20H24N6O4. The molecule has 3 heterocycles. The van der Waals surface area contributed by atoms with Crippen molar-refractivity contribution in [3.63, 3.8) is 0 Å². The number of hydrogen-bond donors (Lipinski definition) is 2. The standard InChI is InChI=1S/C20H24N6O4/c1-28-16-9-14(11-22-19(16)29-2)15-5-7-26-18(23-15)10-17(25-26)24-20(27)21-6-8-30-12-13-3-4-13/h5,7,9-11,13H,3-4,6,8,12H2,1-2H3,(H2,21,24,25,27). The summed E-state index contributed by atoms with van der Waals surface area (Å²) in [6.07, 6.45) is 5.93. The Hall–Kier alpha value is -3.40. The van der Waals surface area contributed by atoms with Crippen LogP contribution >= 0.6 is 0 Å². The summed E-state index contributed by atoms with van der Waals surface area (Å²) < 4.78 is 17.6. The van der Waals surface area contributed by atoms with E-state index in [1.54, 1.807) is 36.2 Å². The molecule has 0 aliphatic heterocycles. The van der Waals surface area contributed by atoms with E-state index in [4.69, 9.17) is 14.2 Å². The summed E-state index contributed by atoms with van der Waals surface area (Å²) in [4.78, 5) is 20.9. The Bertz CT molecular complexity index is 1030. The topological polar surface area (TPSA) is 112 Å². The molecule has 2 amide bonds. The average Bonchev–Trinajstić information content (AvgIpc) is 3.50. The van der Waals surface area contributed by atoms with Crippen LogP contribution in [0.5, 0.6) is 11.6 Å². The Kier molecular flexibility index (Phi) is 5.94. The van der Waals surface area contributed by atoms with E-state index in [1.165, 1.54) is 20.0 Å². The summed E-state index contributed by atoms with van der Waals surface area (Å²) in [6, 6.07) is 4.97. The van der Waals surface area contributed by atoms with E-state index < -0.39 is 0 Å². The Morgan fingerprint density at radius 3 is 2.90 bits per heavy atom. The van der Waals surface area contributed by atoms with Crippen molar-refractivity contribution in [3.05, 3.63) is 30.6 Å². The smallest absolute Gasteiger partial charge is 0.320 e. The van der Waals surface area contributed by atoms with Crippen LogP contribution in [-0.4, -0.2) is 59.6 Å². The van der Waals surface area contributed by atoms with Gasteiger partial charge in [-0.1, -0.05) is 0 Å². The van der Waals surface area contributed by atoms with Crippen molar-refractivity contribution >= 4 is 17.5 Å². The predicted molar refractivity (Wildman–Crippen MR) is 110 cm³/mol. The molecule has 0 aromatic carbocycles. The monoisotopic (exact) mass is 412 g/mol. The van der Waals surface area contributed by atoms with E-state index in [0.717, 1.165) is 12.2 Å². The first-order chi connectivity index (χ1) is 14.7. The summed E-state index contributed by atoms with van der Waals surface area (Å²) in [5.41, 5.74) is 2.06. The molecule has 0 radical (unpaired) electrons. The first kappa shape index (κ1) is 19.9. The second-order valence-corrected chi connectivity index (χ2v) is 6.98. The lowest BCUT2D eigenvalue weighted by atomic mass is 10.2. The third-order valence-corrected chi connectivity index (χ3v) is 4.68. The first-order valence-electron chi connectivity index (χ1n) is 9.73. The maximum absolute atomic E-state index is 12.0. The Morgan fingerprint density at radius 1 is 1.27 bits per heavy atom. The largest absolute Gasteiger partial charge is 0.491 e. The van der Waals surface area contributed by atoms with Crippen LogP contribution in [0.3, 0.4) is 0 Å². The molecule has 4 rings (SSSR count). The molecule has 1 aliphatic carbocycles. The van der Waals surface area contributed by atoms with Crippen LogP contribution in [0.2, 0.25) is 0 Å². The number of hydrogen-bond acceptors (Lipinski definition) is 7. The summed E-state index contributed by atoms with van der Waals surface area (Å²) in [5, 5.41) is 9.78. The number of nitrogens with zero attached hydrogens (tertiary/aromatic N) is 4. The molecule has 158 valence electrons. The molecule has 0 saturated heterocycles. The van der Waals surface area contributed by atoms with Crippen molar-refractivity contribution < 1.29 is 19.0 Å². The zero-order chi connectivity index (χ0) is 20.9. The van der Waals surface area contributed by atoms with Crippen molar-refractivity contribution in [1.82, 2.24) is 24.9 Å². The van der Waals surface area contributed by atoms with Gasteiger partial charge in [0.1, 0.15) is 0 Å². The average molecular weight is 412 g/mol. The molecule has 0 unspecified atom stereocenters. The van der Waals surface area contributed by atoms with Gasteiger partial charge < -0.3 is 19.5 Å². The maximum Gasteiger partial charge on any atom is 0.320 e. The molecule has 30 heavy (non-hydrogen) atoms. The second-order valence-electron chi connectivity index (χ2n) is 6.98. The zero-order valence-corrected chi connectivity index (χ0v) is 16.9. The number of amides is 2. The molecule has 10 nitrogen and oxygen atoms in total. The van der Waals surface area contributed by atoms with Crippen molar-refractivity contribution in [2.75, 3.05) is 39.3 Å². The van der Waals surface area contributed by atoms with Gasteiger partial charge in [-0.2, -0.15) is 0 Å². The lowest BCUT2D eigenvalue weighted by Crippen LogP contribution is -2.31. The van der Waals surface area contributed by atoms with E-state index in [9.17, 15) is 4.79 Å². The van der Waals surface area contributed by atoms with Crippen LogP contribution in [0.1, 0.15) is 12.8 Å². The molecule has 0 atom stereocenters. The highest BCUT2D eigenvalue weighted by molar-refractivity contribution is 5.88. The van der Waals surface area contributed by atoms with E-state index in [0.29, 0.717) is 47.9 Å². The Morgan fingerprint density at radius 2 is 2.13 bits per heavy atom. The number of ether oxygens (including phenoxy) is 3. The van der Waals surface area contributed by atoms with Crippen LogP contribution in [0, 0.1) is 5.92 Å². The van der Waals surface area contributed by atoms with Gasteiger partial charge in [0.2, 0.25) is 0 Å². The number of aromatic nitrogens is 4. The number of carbonyl (C=O) groups excluding carboxylic acids is 1. The van der Waals surface area contributed by atoms with Gasteiger partial charge in [0.25, 0.3) is 5.88 Å². The third-order valence-electron chi connectivity index (χ3n) is 4.68. The molecule has 1 aliphatic rings. The van der Waals surface area contributed by atoms with Gasteiger partial charge in [0.15, 0.2) is 17.2 Å². The lowest BCUT2D eigenvalue weighted by Gasteiger charge is -2.08. The van der Waals surface area contributed by atoms with Crippen LogP contribution in [0.25, 0.3) is 16.9 Å². The normalized spacial score (nSPS) is 13.3. The van der Waals surface area contributed by atoms with Crippen LogP contribution in [0.4, 0.5) is 10.6 Å². The van der Waals surface area contributed by atoms with Crippen molar-refractivity contribution in [2.45, 2.75) is 12.8 Å². The quantitative estimate of drug-likeness (QED) is 0.519. The van der Waals surface area contributed by atoms with Gasteiger partial charge in [0.05, 0.1) is 26.5 Å². The molecule has 0 spiro atoms. The molecule has 3 aromatic heterocycles. The summed E-state index contributed by atoms with van der Waals surface area (Å²) in [5.74, 6) is 2.04. The van der Waals surface area contributed by atoms with Gasteiger partial charge in [0, 0.05) is 37.2 Å². The molecule has 10 heteroatoms. The van der Waals surface area contributed by atoms with Gasteiger partial charge in [-0.15, -0.1) is 5.10 Å². The maximum atomic E-state index is 12.0. The Labute approximate surface area is 173 Å². The van der Waals surface area contributed by atoms with E-state index >= 15 is 0 Å². The molecule has 1 saturated carbocycles. The number of carbonyl (C=O) groups is 1. The highest BCUT2D eigenvalue weighted by atomic mass is 16.5. The first-order valence-corrected chi connectivity index (χ1v) is 9.73. The molecule has 0 bridgehead atoms. The fraction of sp³-hybridized carbons (Fsp3) is 0.400. The number of methoxy groups -OCH3 is 2. The van der Waals surface area contributed by atoms with Gasteiger partial charge >= 0.3 is 6.03 Å². The van der Waals surface area contributed by atoms with Gasteiger partial charge in [-0.3, -0.25) is 5.32 Å². The molecule has 2 N–H and O–H groups in total. The highest BCUT2D eigenvalue weighted by Gasteiger charge is 2.20. The Balaban J connectivity index is 1.39. The fourth-order valence-electron chi connectivity index (χ4n) is 2.90. The third kappa shape index (κ3) is 4.77. The molecule has 3 aromatic rings. The summed E-state index contributed by atoms with van der Waals surface area (Å²) >= 11 is 0. The van der Waals surface area contributed by atoms with Crippen molar-refractivity contribution in [1.29, 1.82) is 0 Å². The number of nitrogens with one attached hydrogen (secondary N) is 2. The lowest BCUT2D eigenvalue weighted by molar-refractivity contribution is 0.127. The van der Waals surface area contributed by atoms with Crippen LogP contribution in [0.15, 0.2) is 30.6 Å². The summed E-state index contributed by atoms with van der Waals surface area (Å²) in [6.45, 7) is 1.72. The molecular weight excluding hydrogens is 388 g/mol. The van der Waals surface area contributed by atoms with Crippen LogP contribution in [-0.2, 0) is 4.74 Å². The van der Waals surface area contributed by atoms with Crippen molar-refractivity contribution in [2.24, 2.45) is 5.92 Å². The van der Waals surface area contributed by atoms with E-state index in [2.05, 4.69) is 25.7 Å². The van der Waals surface area contributed by atoms with Crippen molar-refractivity contribution in [3.8, 4) is 22.9 Å². The van der Waals surface area contributed by atoms with Gasteiger partial charge in [-0.05, 0) is 30.9 Å². The number of urea groups is 1. The van der Waals surface area contributed by atoms with Crippen LogP contribution < -0.4 is 20.1 Å². The van der Waals surface area contributed by atoms with Gasteiger partial charge in [-0.25, -0.2) is 19.3 Å². The minimum atomic E-state index is -0.335. The zero-order valence-electron chi connectivity index (χ0n) is 16.9. The number of pyridine rings is 1. The number of anilines is 1. The predicted octanol–water partition coefficient (Wildman–Crippen LogP) is 2.36. The highest BCUT2D eigenvalue weighted by Crippen LogP contribution is 2.29. The second kappa shape index (κ2) is 8.95. The number of rotatable bonds is 9. The SMILES string of the molecule is COc1cc(-c2ccn3nc(NC(=O)NCCOCC4CC4)cc3n2)cnc1OC.